The van der Waals surface area contributed by atoms with Crippen LogP contribution in [0.1, 0.15) is 60.9 Å². The van der Waals surface area contributed by atoms with E-state index in [0.717, 1.165) is 30.8 Å². The summed E-state index contributed by atoms with van der Waals surface area (Å²) in [5.74, 6) is -0.368. The second kappa shape index (κ2) is 9.25. The van der Waals surface area contributed by atoms with Gasteiger partial charge in [-0.3, -0.25) is 4.79 Å². The van der Waals surface area contributed by atoms with Gasteiger partial charge in [0.1, 0.15) is 17.2 Å². The van der Waals surface area contributed by atoms with Crippen LogP contribution in [0.15, 0.2) is 47.1 Å². The zero-order valence-electron chi connectivity index (χ0n) is 20.1. The third-order valence-corrected chi connectivity index (χ3v) is 6.30. The summed E-state index contributed by atoms with van der Waals surface area (Å²) in [6.45, 7) is 13.9. The van der Waals surface area contributed by atoms with Crippen LogP contribution in [-0.2, 0) is 13.0 Å². The van der Waals surface area contributed by atoms with E-state index in [0.29, 0.717) is 28.9 Å². The van der Waals surface area contributed by atoms with Crippen molar-refractivity contribution in [1.82, 2.24) is 15.4 Å². The highest BCUT2D eigenvalue weighted by molar-refractivity contribution is 6.02. The molecule has 178 valence electrons. The third-order valence-electron chi connectivity index (χ3n) is 6.30. The van der Waals surface area contributed by atoms with Crippen LogP contribution in [0.3, 0.4) is 0 Å². The second-order valence-corrected chi connectivity index (χ2v) is 9.07. The minimum absolute atomic E-state index is 0.0149. The van der Waals surface area contributed by atoms with Crippen molar-refractivity contribution in [3.8, 4) is 33.9 Å². The van der Waals surface area contributed by atoms with E-state index in [1.165, 1.54) is 17.2 Å². The van der Waals surface area contributed by atoms with Crippen LogP contribution in [0.25, 0.3) is 22.4 Å². The van der Waals surface area contributed by atoms with E-state index in [-0.39, 0.29) is 29.1 Å². The summed E-state index contributed by atoms with van der Waals surface area (Å²) < 4.78 is 5.54. The lowest BCUT2D eigenvalue weighted by atomic mass is 9.91. The van der Waals surface area contributed by atoms with Crippen molar-refractivity contribution in [3.63, 3.8) is 0 Å². The Kier molecular flexibility index (Phi) is 6.37. The maximum atomic E-state index is 12.8. The lowest BCUT2D eigenvalue weighted by Gasteiger charge is -2.31. The molecule has 3 aromatic rings. The van der Waals surface area contributed by atoms with Crippen molar-refractivity contribution in [2.75, 3.05) is 13.1 Å². The van der Waals surface area contributed by atoms with Gasteiger partial charge in [-0.1, -0.05) is 43.8 Å². The molecule has 4 rings (SSSR count). The summed E-state index contributed by atoms with van der Waals surface area (Å²) in [6, 6.07) is 9.12. The van der Waals surface area contributed by atoms with Gasteiger partial charge in [0.2, 0.25) is 5.76 Å². The normalized spacial score (nSPS) is 13.1. The lowest BCUT2D eigenvalue weighted by molar-refractivity contribution is 0.0920. The number of benzene rings is 2. The largest absolute Gasteiger partial charge is 0.508 e. The number of hydrogen-bond acceptors (Lipinski definition) is 6. The number of carbonyl (C=O) groups excluding carboxylic acids is 1. The van der Waals surface area contributed by atoms with Crippen molar-refractivity contribution in [1.29, 1.82) is 0 Å². The van der Waals surface area contributed by atoms with Crippen molar-refractivity contribution < 1.29 is 19.5 Å². The third kappa shape index (κ3) is 4.25. The van der Waals surface area contributed by atoms with Gasteiger partial charge in [0, 0.05) is 37.0 Å². The number of nitrogens with zero attached hydrogens (tertiary/aromatic N) is 2. The molecule has 0 bridgehead atoms. The molecule has 0 saturated carbocycles. The monoisotopic (exact) mass is 461 g/mol. The van der Waals surface area contributed by atoms with Gasteiger partial charge in [-0.15, -0.1) is 0 Å². The summed E-state index contributed by atoms with van der Waals surface area (Å²) in [4.78, 5) is 15.1. The van der Waals surface area contributed by atoms with E-state index in [1.807, 2.05) is 33.8 Å². The first kappa shape index (κ1) is 23.4. The molecule has 0 atom stereocenters. The summed E-state index contributed by atoms with van der Waals surface area (Å²) in [5, 5.41) is 28.0. The molecule has 1 aliphatic heterocycles. The number of nitrogens with one attached hydrogen (secondary N) is 1. The first-order valence-corrected chi connectivity index (χ1v) is 11.6. The summed E-state index contributed by atoms with van der Waals surface area (Å²) in [5.41, 5.74) is 6.20. The minimum Gasteiger partial charge on any atom is -0.508 e. The van der Waals surface area contributed by atoms with E-state index in [1.54, 1.807) is 6.07 Å². The molecule has 3 N–H and O–H groups in total. The van der Waals surface area contributed by atoms with Crippen molar-refractivity contribution in [2.45, 2.75) is 46.6 Å². The van der Waals surface area contributed by atoms with Crippen molar-refractivity contribution in [3.05, 3.63) is 65.1 Å². The highest BCUT2D eigenvalue weighted by atomic mass is 16.5. The van der Waals surface area contributed by atoms with Crippen LogP contribution in [-0.4, -0.2) is 39.3 Å². The molecule has 1 aliphatic rings. The van der Waals surface area contributed by atoms with Gasteiger partial charge in [0.15, 0.2) is 0 Å². The van der Waals surface area contributed by atoms with Crippen molar-refractivity contribution in [2.24, 2.45) is 0 Å². The second-order valence-electron chi connectivity index (χ2n) is 9.07. The molecule has 1 amide bonds. The Hall–Kier alpha value is -3.74. The molecule has 7 heteroatoms. The zero-order chi connectivity index (χ0) is 24.6. The average Bonchev–Trinajstić information content (AvgIpc) is 3.23. The van der Waals surface area contributed by atoms with Crippen LogP contribution >= 0.6 is 0 Å². The van der Waals surface area contributed by atoms with Crippen LogP contribution < -0.4 is 5.32 Å². The topological polar surface area (TPSA) is 98.8 Å². The van der Waals surface area contributed by atoms with Gasteiger partial charge in [-0.25, -0.2) is 0 Å². The Balaban J connectivity index is 1.88. The Morgan fingerprint density at radius 2 is 1.97 bits per heavy atom. The average molecular weight is 462 g/mol. The molecule has 2 heterocycles. The maximum Gasteiger partial charge on any atom is 0.290 e. The molecule has 0 unspecified atom stereocenters. The van der Waals surface area contributed by atoms with Crippen LogP contribution in [0.5, 0.6) is 11.5 Å². The highest BCUT2D eigenvalue weighted by Crippen LogP contribution is 2.43. The van der Waals surface area contributed by atoms with Crippen molar-refractivity contribution >= 4 is 5.91 Å². The zero-order valence-corrected chi connectivity index (χ0v) is 20.1. The van der Waals surface area contributed by atoms with Gasteiger partial charge in [0.25, 0.3) is 5.91 Å². The van der Waals surface area contributed by atoms with E-state index in [2.05, 4.69) is 34.1 Å². The molecule has 0 radical (unpaired) electrons. The molecular weight excluding hydrogens is 430 g/mol. The fourth-order valence-corrected chi connectivity index (χ4v) is 4.42. The fraction of sp³-hybridized carbons (Fsp3) is 0.333. The molecule has 0 aliphatic carbocycles. The molecular formula is C27H31N3O4. The number of phenolic OH excluding ortho intramolecular Hbond substituents is 2. The highest BCUT2D eigenvalue weighted by Gasteiger charge is 2.28. The first-order valence-electron chi connectivity index (χ1n) is 11.6. The van der Waals surface area contributed by atoms with Gasteiger partial charge < -0.3 is 25.0 Å². The summed E-state index contributed by atoms with van der Waals surface area (Å²) in [6.07, 6.45) is 0.856. The number of phenols is 2. The summed E-state index contributed by atoms with van der Waals surface area (Å²) >= 11 is 0. The summed E-state index contributed by atoms with van der Waals surface area (Å²) in [7, 11) is 0. The first-order chi connectivity index (χ1) is 16.2. The number of aromatic nitrogens is 1. The Labute approximate surface area is 199 Å². The predicted octanol–water partition coefficient (Wildman–Crippen LogP) is 5.18. The van der Waals surface area contributed by atoms with Crippen LogP contribution in [0.2, 0.25) is 0 Å². The molecule has 2 aromatic carbocycles. The van der Waals surface area contributed by atoms with E-state index < -0.39 is 0 Å². The molecule has 7 nitrogen and oxygen atoms in total. The Bertz CT molecular complexity index is 1260. The quantitative estimate of drug-likeness (QED) is 0.468. The number of carbonyl (C=O) groups is 1. The van der Waals surface area contributed by atoms with Crippen LogP contribution in [0, 0.1) is 0 Å². The van der Waals surface area contributed by atoms with Gasteiger partial charge in [-0.05, 0) is 54.5 Å². The number of amides is 1. The Morgan fingerprint density at radius 3 is 2.65 bits per heavy atom. The molecule has 0 fully saturated rings. The molecule has 1 aromatic heterocycles. The number of fused-ring (bicyclic) bond motifs is 1. The van der Waals surface area contributed by atoms with Crippen LogP contribution in [0.4, 0.5) is 0 Å². The van der Waals surface area contributed by atoms with Gasteiger partial charge in [0.05, 0.1) is 5.56 Å². The standard InChI is InChI=1S/C27H31N3O4/c1-6-28-27(33)26-24(18-7-8-19-14-30(16(4)5)10-9-17(19)11-18)25(29-34-26)21-12-20(15(2)3)22(31)13-23(21)32/h7-8,11-13,15,31-32H,4,6,9-10,14H2,1-3,5H3,(H,28,33). The van der Waals surface area contributed by atoms with E-state index in [9.17, 15) is 15.0 Å². The maximum absolute atomic E-state index is 12.8. The Morgan fingerprint density at radius 1 is 1.21 bits per heavy atom. The lowest BCUT2D eigenvalue weighted by Crippen LogP contribution is -2.28. The fourth-order valence-electron chi connectivity index (χ4n) is 4.42. The van der Waals surface area contributed by atoms with E-state index >= 15 is 0 Å². The number of hydrogen-bond donors (Lipinski definition) is 3. The molecule has 34 heavy (non-hydrogen) atoms. The number of aromatic hydroxyl groups is 2. The van der Waals surface area contributed by atoms with Gasteiger partial charge >= 0.3 is 0 Å². The van der Waals surface area contributed by atoms with Gasteiger partial charge in [-0.2, -0.15) is 0 Å². The predicted molar refractivity (Wildman–Crippen MR) is 132 cm³/mol. The minimum atomic E-state index is -0.371. The SMILES string of the molecule is C=C(C)N1CCc2cc(-c3c(-c4cc(C(C)C)c(O)cc4O)noc3C(=O)NCC)ccc2C1. The number of rotatable bonds is 6. The molecule has 0 spiro atoms. The van der Waals surface area contributed by atoms with E-state index in [4.69, 9.17) is 4.52 Å². The number of allylic oxidation sites excluding steroid dienone is 1. The molecule has 0 saturated heterocycles. The smallest absolute Gasteiger partial charge is 0.290 e.